The van der Waals surface area contributed by atoms with Gasteiger partial charge in [-0.3, -0.25) is 14.7 Å². The summed E-state index contributed by atoms with van der Waals surface area (Å²) in [5.74, 6) is -3.16. The van der Waals surface area contributed by atoms with Gasteiger partial charge in [0.1, 0.15) is 6.33 Å². The van der Waals surface area contributed by atoms with E-state index in [1.165, 1.54) is 11.2 Å². The van der Waals surface area contributed by atoms with Crippen molar-refractivity contribution < 1.29 is 18.0 Å². The molecule has 1 aromatic rings. The summed E-state index contributed by atoms with van der Waals surface area (Å²) in [6.07, 6.45) is -0.942. The Hall–Kier alpha value is -1.64. The fourth-order valence-electron chi connectivity index (χ4n) is 2.75. The van der Waals surface area contributed by atoms with Gasteiger partial charge in [0.2, 0.25) is 11.9 Å². The Bertz CT molecular complexity index is 539. The number of amides is 1. The molecule has 1 saturated heterocycles. The van der Waals surface area contributed by atoms with Gasteiger partial charge in [-0.2, -0.15) is 13.2 Å². The van der Waals surface area contributed by atoms with Crippen LogP contribution in [0.4, 0.5) is 19.1 Å². The molecule has 1 N–H and O–H groups in total. The van der Waals surface area contributed by atoms with E-state index in [4.69, 9.17) is 0 Å². The average Bonchev–Trinajstić information content (AvgIpc) is 2.98. The van der Waals surface area contributed by atoms with Gasteiger partial charge in [-0.05, 0) is 19.9 Å². The molecule has 2 aliphatic rings. The third kappa shape index (κ3) is 2.87. The van der Waals surface area contributed by atoms with Crippen molar-refractivity contribution in [1.29, 1.82) is 0 Å². The topological polar surface area (TPSA) is 63.1 Å². The summed E-state index contributed by atoms with van der Waals surface area (Å²) in [5, 5.41) is 9.99. The third-order valence-electron chi connectivity index (χ3n) is 4.01. The van der Waals surface area contributed by atoms with E-state index in [2.05, 4.69) is 15.5 Å². The zero-order valence-corrected chi connectivity index (χ0v) is 11.5. The molecule has 2 fully saturated rings. The summed E-state index contributed by atoms with van der Waals surface area (Å²) in [7, 11) is 1.58. The highest BCUT2D eigenvalue weighted by Crippen LogP contribution is 2.39. The molecule has 2 heterocycles. The van der Waals surface area contributed by atoms with E-state index >= 15 is 0 Å². The van der Waals surface area contributed by atoms with Crippen LogP contribution < -0.4 is 5.32 Å². The zero-order valence-electron chi connectivity index (χ0n) is 11.5. The smallest absolute Gasteiger partial charge is 0.305 e. The lowest BCUT2D eigenvalue weighted by molar-refractivity contribution is -0.182. The second-order valence-corrected chi connectivity index (χ2v) is 5.76. The van der Waals surface area contributed by atoms with E-state index in [0.29, 0.717) is 0 Å². The molecule has 1 amide bonds. The maximum absolute atomic E-state index is 13.0. The number of rotatable bonds is 3. The van der Waals surface area contributed by atoms with Gasteiger partial charge in [-0.25, -0.2) is 0 Å². The van der Waals surface area contributed by atoms with Crippen LogP contribution in [0.5, 0.6) is 0 Å². The lowest BCUT2D eigenvalue weighted by Crippen LogP contribution is -2.37. The molecule has 2 atom stereocenters. The molecule has 21 heavy (non-hydrogen) atoms. The van der Waals surface area contributed by atoms with Crippen LogP contribution in [0, 0.1) is 11.8 Å². The van der Waals surface area contributed by atoms with Crippen LogP contribution in [0.1, 0.15) is 18.9 Å². The van der Waals surface area contributed by atoms with E-state index in [0.717, 1.165) is 12.8 Å². The van der Waals surface area contributed by atoms with Crippen LogP contribution in [0.3, 0.4) is 0 Å². The minimum absolute atomic E-state index is 0.0908. The predicted molar refractivity (Wildman–Crippen MR) is 67.5 cm³/mol. The Balaban J connectivity index is 1.73. The number of alkyl halides is 3. The van der Waals surface area contributed by atoms with E-state index in [-0.39, 0.29) is 25.1 Å². The first-order valence-corrected chi connectivity index (χ1v) is 6.82. The maximum atomic E-state index is 13.0. The number of halogens is 3. The van der Waals surface area contributed by atoms with Crippen LogP contribution >= 0.6 is 0 Å². The van der Waals surface area contributed by atoms with Gasteiger partial charge in [-0.15, -0.1) is 10.2 Å². The van der Waals surface area contributed by atoms with Gasteiger partial charge in [0.15, 0.2) is 0 Å². The summed E-state index contributed by atoms with van der Waals surface area (Å²) in [4.78, 5) is 13.7. The standard InChI is InChI=1S/C12H16F3N5O/c1-19-4-8(9(5-19)12(13,14)15)10(21)17-11-18-16-6-20(11)7-2-3-7/h6-9H,2-5H2,1H3,(H,17,18,21). The van der Waals surface area contributed by atoms with Crippen molar-refractivity contribution in [2.24, 2.45) is 11.8 Å². The quantitative estimate of drug-likeness (QED) is 0.914. The summed E-state index contributed by atoms with van der Waals surface area (Å²) in [5.41, 5.74) is 0. The molecule has 1 aliphatic heterocycles. The van der Waals surface area contributed by atoms with E-state index in [1.54, 1.807) is 11.6 Å². The monoisotopic (exact) mass is 303 g/mol. The Kier molecular flexibility index (Phi) is 3.39. The van der Waals surface area contributed by atoms with Crippen molar-refractivity contribution in [2.75, 3.05) is 25.5 Å². The Morgan fingerprint density at radius 1 is 1.38 bits per heavy atom. The second-order valence-electron chi connectivity index (χ2n) is 5.76. The molecule has 6 nitrogen and oxygen atoms in total. The van der Waals surface area contributed by atoms with Crippen LogP contribution in [0.15, 0.2) is 6.33 Å². The normalized spacial score (nSPS) is 27.0. The predicted octanol–water partition coefficient (Wildman–Crippen LogP) is 1.29. The Morgan fingerprint density at radius 3 is 2.71 bits per heavy atom. The van der Waals surface area contributed by atoms with Crippen molar-refractivity contribution in [3.05, 3.63) is 6.33 Å². The summed E-state index contributed by atoms with van der Waals surface area (Å²) in [6, 6.07) is 0.250. The highest BCUT2D eigenvalue weighted by molar-refractivity contribution is 5.91. The van der Waals surface area contributed by atoms with Crippen molar-refractivity contribution >= 4 is 11.9 Å². The molecule has 3 rings (SSSR count). The summed E-state index contributed by atoms with van der Waals surface area (Å²) in [6.45, 7) is -0.0650. The largest absolute Gasteiger partial charge is 0.393 e. The Morgan fingerprint density at radius 2 is 2.10 bits per heavy atom. The Labute approximate surface area is 119 Å². The molecule has 1 aromatic heterocycles. The fraction of sp³-hybridized carbons (Fsp3) is 0.750. The van der Waals surface area contributed by atoms with Crippen molar-refractivity contribution in [1.82, 2.24) is 19.7 Å². The second kappa shape index (κ2) is 4.97. The molecule has 0 aromatic carbocycles. The van der Waals surface area contributed by atoms with Gasteiger partial charge in [0.25, 0.3) is 0 Å². The van der Waals surface area contributed by atoms with Crippen LogP contribution in [-0.2, 0) is 4.79 Å². The van der Waals surface area contributed by atoms with Gasteiger partial charge in [0.05, 0.1) is 11.8 Å². The van der Waals surface area contributed by atoms with Crippen LogP contribution in [-0.4, -0.2) is 51.9 Å². The summed E-state index contributed by atoms with van der Waals surface area (Å²) >= 11 is 0. The number of nitrogens with one attached hydrogen (secondary N) is 1. The van der Waals surface area contributed by atoms with Crippen LogP contribution in [0.2, 0.25) is 0 Å². The SMILES string of the molecule is CN1CC(C(=O)Nc2nncn2C2CC2)C(C(F)(F)F)C1. The highest BCUT2D eigenvalue weighted by atomic mass is 19.4. The number of nitrogens with zero attached hydrogens (tertiary/aromatic N) is 4. The molecule has 0 radical (unpaired) electrons. The van der Waals surface area contributed by atoms with Gasteiger partial charge < -0.3 is 4.90 Å². The molecule has 9 heteroatoms. The van der Waals surface area contributed by atoms with E-state index in [1.807, 2.05) is 0 Å². The van der Waals surface area contributed by atoms with Gasteiger partial charge in [-0.1, -0.05) is 0 Å². The number of carbonyl (C=O) groups excluding carboxylic acids is 1. The molecule has 116 valence electrons. The van der Waals surface area contributed by atoms with Crippen LogP contribution in [0.25, 0.3) is 0 Å². The first kappa shape index (κ1) is 14.3. The minimum Gasteiger partial charge on any atom is -0.305 e. The van der Waals surface area contributed by atoms with Crippen molar-refractivity contribution in [3.63, 3.8) is 0 Å². The number of carbonyl (C=O) groups is 1. The number of hydrogen-bond acceptors (Lipinski definition) is 4. The fourth-order valence-corrected chi connectivity index (χ4v) is 2.75. The third-order valence-corrected chi connectivity index (χ3v) is 4.01. The van der Waals surface area contributed by atoms with Crippen molar-refractivity contribution in [3.8, 4) is 0 Å². The number of hydrogen-bond donors (Lipinski definition) is 1. The van der Waals surface area contributed by atoms with Crippen molar-refractivity contribution in [2.45, 2.75) is 25.1 Å². The van der Waals surface area contributed by atoms with Gasteiger partial charge >= 0.3 is 6.18 Å². The first-order valence-electron chi connectivity index (χ1n) is 6.82. The van der Waals surface area contributed by atoms with E-state index < -0.39 is 23.9 Å². The molecule has 0 bridgehead atoms. The molecular weight excluding hydrogens is 287 g/mol. The minimum atomic E-state index is -4.38. The lowest BCUT2D eigenvalue weighted by atomic mass is 9.95. The number of likely N-dealkylation sites (tertiary alicyclic amines) is 1. The average molecular weight is 303 g/mol. The van der Waals surface area contributed by atoms with E-state index in [9.17, 15) is 18.0 Å². The molecule has 1 saturated carbocycles. The summed E-state index contributed by atoms with van der Waals surface area (Å²) < 4.78 is 40.7. The molecule has 2 unspecified atom stereocenters. The molecule has 1 aliphatic carbocycles. The maximum Gasteiger partial charge on any atom is 0.393 e. The number of aromatic nitrogens is 3. The highest BCUT2D eigenvalue weighted by Gasteiger charge is 2.51. The first-order chi connectivity index (χ1) is 9.86. The zero-order chi connectivity index (χ0) is 15.2. The molecule has 0 spiro atoms. The number of anilines is 1. The van der Waals surface area contributed by atoms with Gasteiger partial charge in [0, 0.05) is 19.1 Å². The molecular formula is C12H16F3N5O. The lowest BCUT2D eigenvalue weighted by Gasteiger charge is -2.20.